The summed E-state index contributed by atoms with van der Waals surface area (Å²) in [5.74, 6) is 0.780. The molecule has 5 nitrogen and oxygen atoms in total. The van der Waals surface area contributed by atoms with Crippen molar-refractivity contribution in [2.24, 2.45) is 5.10 Å². The molecule has 0 aliphatic carbocycles. The van der Waals surface area contributed by atoms with Gasteiger partial charge in [0.1, 0.15) is 5.75 Å². The van der Waals surface area contributed by atoms with E-state index in [2.05, 4.69) is 15.8 Å². The van der Waals surface area contributed by atoms with Gasteiger partial charge in [-0.3, -0.25) is 5.43 Å². The zero-order valence-electron chi connectivity index (χ0n) is 10.2. The Morgan fingerprint density at radius 3 is 2.67 bits per heavy atom. The van der Waals surface area contributed by atoms with Gasteiger partial charge in [-0.05, 0) is 43.4 Å². The molecule has 94 valence electrons. The average molecular weight is 262 g/mol. The van der Waals surface area contributed by atoms with E-state index in [9.17, 15) is 0 Å². The normalized spacial score (nSPS) is 10.4. The van der Waals surface area contributed by atoms with Gasteiger partial charge in [-0.25, -0.2) is 0 Å². The summed E-state index contributed by atoms with van der Waals surface area (Å²) in [6.45, 7) is 1.76. The van der Waals surface area contributed by atoms with Crippen LogP contribution in [0.25, 0.3) is 0 Å². The maximum Gasteiger partial charge on any atom is 0.191 e. The molecule has 0 heterocycles. The van der Waals surface area contributed by atoms with E-state index >= 15 is 0 Å². The lowest BCUT2D eigenvalue weighted by atomic mass is 10.3. The first kappa shape index (κ1) is 13.9. The molecule has 0 saturated carbocycles. The highest BCUT2D eigenvalue weighted by atomic mass is 32.1. The van der Waals surface area contributed by atoms with Crippen LogP contribution in [0.15, 0.2) is 29.4 Å². The average Bonchev–Trinajstić information content (AvgIpc) is 2.38. The van der Waals surface area contributed by atoms with Crippen LogP contribution in [0.3, 0.4) is 0 Å². The van der Waals surface area contributed by atoms with Gasteiger partial charge in [0.15, 0.2) is 5.11 Å². The predicted molar refractivity (Wildman–Crippen MR) is 75.7 cm³/mol. The van der Waals surface area contributed by atoms with Crippen molar-refractivity contribution in [1.82, 2.24) is 5.43 Å². The van der Waals surface area contributed by atoms with Gasteiger partial charge in [0.25, 0.3) is 0 Å². The van der Waals surface area contributed by atoms with E-state index in [1.807, 2.05) is 30.3 Å². The Morgan fingerprint density at radius 1 is 1.44 bits per heavy atom. The smallest absolute Gasteiger partial charge is 0.191 e. The molecule has 0 atom stereocenters. The van der Waals surface area contributed by atoms with E-state index in [1.54, 1.807) is 14.0 Å². The monoisotopic (exact) mass is 262 g/mol. The number of benzene rings is 1. The summed E-state index contributed by atoms with van der Waals surface area (Å²) in [5, 5.41) is 15.8. The van der Waals surface area contributed by atoms with E-state index < -0.39 is 0 Å². The first-order valence-electron chi connectivity index (χ1n) is 5.27. The quantitative estimate of drug-likeness (QED) is 0.495. The van der Waals surface area contributed by atoms with Crippen molar-refractivity contribution >= 4 is 28.7 Å². The molecule has 0 spiro atoms. The SMILES string of the molecule is COc1ccc(NC(=S)N/N=C(\C)CC#N)cc1. The van der Waals surface area contributed by atoms with Crippen molar-refractivity contribution in [2.45, 2.75) is 13.3 Å². The number of nitrogens with one attached hydrogen (secondary N) is 2. The molecule has 0 amide bonds. The van der Waals surface area contributed by atoms with Crippen molar-refractivity contribution < 1.29 is 4.74 Å². The van der Waals surface area contributed by atoms with Crippen LogP contribution < -0.4 is 15.5 Å². The molecule has 0 radical (unpaired) electrons. The van der Waals surface area contributed by atoms with Crippen molar-refractivity contribution in [1.29, 1.82) is 5.26 Å². The second kappa shape index (κ2) is 7.25. The number of hydrogen-bond acceptors (Lipinski definition) is 4. The van der Waals surface area contributed by atoms with Crippen LogP contribution >= 0.6 is 12.2 Å². The second-order valence-corrected chi connectivity index (χ2v) is 3.88. The van der Waals surface area contributed by atoms with Crippen LogP contribution in [0.2, 0.25) is 0 Å². The summed E-state index contributed by atoms with van der Waals surface area (Å²) in [7, 11) is 1.61. The highest BCUT2D eigenvalue weighted by molar-refractivity contribution is 7.80. The molecule has 0 aromatic heterocycles. The molecule has 6 heteroatoms. The lowest BCUT2D eigenvalue weighted by Crippen LogP contribution is -2.24. The Kier molecular flexibility index (Phi) is 5.61. The Balaban J connectivity index is 2.49. The molecule has 0 fully saturated rings. The predicted octanol–water partition coefficient (Wildman–Crippen LogP) is 2.27. The van der Waals surface area contributed by atoms with Crippen molar-refractivity contribution in [2.75, 3.05) is 12.4 Å². The number of thiocarbonyl (C=S) groups is 1. The lowest BCUT2D eigenvalue weighted by Gasteiger charge is -2.08. The van der Waals surface area contributed by atoms with Crippen molar-refractivity contribution in [3.05, 3.63) is 24.3 Å². The van der Waals surface area contributed by atoms with Crippen LogP contribution in [-0.4, -0.2) is 17.9 Å². The summed E-state index contributed by atoms with van der Waals surface area (Å²) < 4.78 is 5.05. The number of anilines is 1. The van der Waals surface area contributed by atoms with Gasteiger partial charge in [-0.1, -0.05) is 0 Å². The Hall–Kier alpha value is -2.13. The number of methoxy groups -OCH3 is 1. The van der Waals surface area contributed by atoms with Gasteiger partial charge in [0, 0.05) is 11.4 Å². The van der Waals surface area contributed by atoms with Crippen LogP contribution in [0.1, 0.15) is 13.3 Å². The summed E-state index contributed by atoms with van der Waals surface area (Å²) >= 11 is 5.06. The number of nitriles is 1. The fourth-order valence-corrected chi connectivity index (χ4v) is 1.30. The molecule has 0 unspecified atom stereocenters. The molecule has 0 aliphatic rings. The number of hydrogen-bond donors (Lipinski definition) is 2. The maximum atomic E-state index is 8.47. The van der Waals surface area contributed by atoms with E-state index in [0.29, 0.717) is 10.8 Å². The largest absolute Gasteiger partial charge is 0.497 e. The third-order valence-corrected chi connectivity index (χ3v) is 2.22. The molecule has 1 rings (SSSR count). The van der Waals surface area contributed by atoms with Crippen LogP contribution in [0, 0.1) is 11.3 Å². The van der Waals surface area contributed by atoms with Gasteiger partial charge >= 0.3 is 0 Å². The van der Waals surface area contributed by atoms with E-state index in [-0.39, 0.29) is 6.42 Å². The van der Waals surface area contributed by atoms with Crippen molar-refractivity contribution in [3.8, 4) is 11.8 Å². The molecular formula is C12H14N4OS. The summed E-state index contributed by atoms with van der Waals surface area (Å²) in [5.41, 5.74) is 4.18. The highest BCUT2D eigenvalue weighted by Crippen LogP contribution is 2.14. The molecule has 18 heavy (non-hydrogen) atoms. The Labute approximate surface area is 111 Å². The van der Waals surface area contributed by atoms with E-state index in [0.717, 1.165) is 11.4 Å². The third-order valence-electron chi connectivity index (χ3n) is 2.03. The lowest BCUT2D eigenvalue weighted by molar-refractivity contribution is 0.415. The number of hydrazone groups is 1. The zero-order chi connectivity index (χ0) is 13.4. The Morgan fingerprint density at radius 2 is 2.11 bits per heavy atom. The van der Waals surface area contributed by atoms with Gasteiger partial charge in [-0.15, -0.1) is 0 Å². The summed E-state index contributed by atoms with van der Waals surface area (Å²) in [6.07, 6.45) is 0.276. The fourth-order valence-electron chi connectivity index (χ4n) is 1.13. The van der Waals surface area contributed by atoms with Crippen LogP contribution in [0.4, 0.5) is 5.69 Å². The van der Waals surface area contributed by atoms with Gasteiger partial charge in [-0.2, -0.15) is 10.4 Å². The molecule has 0 bridgehead atoms. The maximum absolute atomic E-state index is 8.47. The molecule has 0 saturated heterocycles. The minimum Gasteiger partial charge on any atom is -0.497 e. The molecular weight excluding hydrogens is 248 g/mol. The topological polar surface area (TPSA) is 69.4 Å². The molecule has 2 N–H and O–H groups in total. The van der Waals surface area contributed by atoms with Crippen LogP contribution in [0.5, 0.6) is 5.75 Å². The first-order chi connectivity index (χ1) is 8.65. The van der Waals surface area contributed by atoms with E-state index in [4.69, 9.17) is 22.2 Å². The third kappa shape index (κ3) is 4.80. The second-order valence-electron chi connectivity index (χ2n) is 3.48. The Bertz CT molecular complexity index is 476. The first-order valence-corrected chi connectivity index (χ1v) is 5.67. The van der Waals surface area contributed by atoms with Gasteiger partial charge in [0.2, 0.25) is 0 Å². The fraction of sp³-hybridized carbons (Fsp3) is 0.250. The zero-order valence-corrected chi connectivity index (χ0v) is 11.0. The number of rotatable bonds is 4. The van der Waals surface area contributed by atoms with Gasteiger partial charge < -0.3 is 10.1 Å². The van der Waals surface area contributed by atoms with E-state index in [1.165, 1.54) is 0 Å². The molecule has 1 aromatic rings. The minimum atomic E-state index is 0.276. The van der Waals surface area contributed by atoms with Crippen LogP contribution in [-0.2, 0) is 0 Å². The minimum absolute atomic E-state index is 0.276. The highest BCUT2D eigenvalue weighted by Gasteiger charge is 1.97. The summed E-state index contributed by atoms with van der Waals surface area (Å²) in [6, 6.07) is 9.35. The number of nitrogens with zero attached hydrogens (tertiary/aromatic N) is 2. The molecule has 1 aromatic carbocycles. The number of ether oxygens (including phenoxy) is 1. The van der Waals surface area contributed by atoms with Gasteiger partial charge in [0.05, 0.1) is 19.6 Å². The molecule has 0 aliphatic heterocycles. The van der Waals surface area contributed by atoms with Crippen molar-refractivity contribution in [3.63, 3.8) is 0 Å². The standard InChI is InChI=1S/C12H14N4OS/c1-9(7-8-13)15-16-12(18)14-10-3-5-11(17-2)6-4-10/h3-6H,7H2,1-2H3,(H2,14,16,18)/b15-9+. The summed E-state index contributed by atoms with van der Waals surface area (Å²) in [4.78, 5) is 0.